The zero-order chi connectivity index (χ0) is 14.7. The van der Waals surface area contributed by atoms with Gasteiger partial charge in [0.2, 0.25) is 0 Å². The number of halogens is 1. The molecule has 0 aliphatic carbocycles. The summed E-state index contributed by atoms with van der Waals surface area (Å²) < 4.78 is 13.2. The van der Waals surface area contributed by atoms with Crippen molar-refractivity contribution in [3.63, 3.8) is 0 Å². The molecule has 2 heterocycles. The number of likely N-dealkylation sites (tertiary alicyclic amines) is 1. The Morgan fingerprint density at radius 2 is 2.19 bits per heavy atom. The highest BCUT2D eigenvalue weighted by Gasteiger charge is 2.23. The van der Waals surface area contributed by atoms with Crippen molar-refractivity contribution in [3.8, 4) is 0 Å². The van der Waals surface area contributed by atoms with Gasteiger partial charge in [0.1, 0.15) is 5.82 Å². The van der Waals surface area contributed by atoms with E-state index in [0.29, 0.717) is 5.92 Å². The molecule has 0 saturated carbocycles. The van der Waals surface area contributed by atoms with E-state index in [1.807, 2.05) is 6.07 Å². The lowest BCUT2D eigenvalue weighted by atomic mass is 9.91. The summed E-state index contributed by atoms with van der Waals surface area (Å²) >= 11 is 0. The van der Waals surface area contributed by atoms with Gasteiger partial charge >= 0.3 is 0 Å². The lowest BCUT2D eigenvalue weighted by molar-refractivity contribution is 0.212. The van der Waals surface area contributed by atoms with E-state index in [-0.39, 0.29) is 5.82 Å². The Morgan fingerprint density at radius 3 is 2.95 bits per heavy atom. The molecule has 0 spiro atoms. The van der Waals surface area contributed by atoms with Crippen molar-refractivity contribution < 1.29 is 4.39 Å². The zero-order valence-electron chi connectivity index (χ0n) is 12.5. The molecule has 3 rings (SSSR count). The first-order valence-corrected chi connectivity index (χ1v) is 7.84. The van der Waals surface area contributed by atoms with Crippen molar-refractivity contribution in [3.05, 3.63) is 29.7 Å². The summed E-state index contributed by atoms with van der Waals surface area (Å²) in [6, 6.07) is 4.87. The van der Waals surface area contributed by atoms with E-state index in [1.54, 1.807) is 0 Å². The molecule has 21 heavy (non-hydrogen) atoms. The fourth-order valence-corrected chi connectivity index (χ4v) is 3.18. The molecule has 0 atom stereocenters. The molecule has 0 unspecified atom stereocenters. The Morgan fingerprint density at radius 1 is 1.38 bits per heavy atom. The molecule has 114 valence electrons. The summed E-state index contributed by atoms with van der Waals surface area (Å²) in [6.07, 6.45) is 2.28. The molecule has 2 N–H and O–H groups in total. The van der Waals surface area contributed by atoms with Gasteiger partial charge in [-0.1, -0.05) is 6.92 Å². The van der Waals surface area contributed by atoms with Crippen LogP contribution < -0.4 is 5.32 Å². The van der Waals surface area contributed by atoms with Gasteiger partial charge in [-0.05, 0) is 44.6 Å². The molecule has 4 nitrogen and oxygen atoms in total. The highest BCUT2D eigenvalue weighted by Crippen LogP contribution is 2.31. The number of aromatic nitrogens is 2. The zero-order valence-corrected chi connectivity index (χ0v) is 12.5. The maximum absolute atomic E-state index is 13.2. The third-order valence-corrected chi connectivity index (χ3v) is 4.40. The number of nitrogens with zero attached hydrogens (tertiary/aromatic N) is 2. The summed E-state index contributed by atoms with van der Waals surface area (Å²) in [7, 11) is 0. The Balaban J connectivity index is 1.63. The van der Waals surface area contributed by atoms with Gasteiger partial charge in [-0.15, -0.1) is 0 Å². The van der Waals surface area contributed by atoms with Gasteiger partial charge in [-0.3, -0.25) is 5.10 Å². The van der Waals surface area contributed by atoms with Crippen LogP contribution in [0.5, 0.6) is 0 Å². The second-order valence-electron chi connectivity index (χ2n) is 5.77. The lowest BCUT2D eigenvalue weighted by Crippen LogP contribution is -2.37. The SMILES string of the molecule is CCNCCN1CCC(c2[nH]nc3cc(F)ccc23)CC1. The number of rotatable bonds is 5. The second kappa shape index (κ2) is 6.54. The first-order valence-electron chi connectivity index (χ1n) is 7.84. The molecule has 5 heteroatoms. The van der Waals surface area contributed by atoms with Crippen LogP contribution in [0.15, 0.2) is 18.2 Å². The molecule has 2 aromatic rings. The lowest BCUT2D eigenvalue weighted by Gasteiger charge is -2.31. The quantitative estimate of drug-likeness (QED) is 0.832. The van der Waals surface area contributed by atoms with Crippen LogP contribution in [0.25, 0.3) is 10.9 Å². The van der Waals surface area contributed by atoms with Gasteiger partial charge in [0.15, 0.2) is 0 Å². The highest BCUT2D eigenvalue weighted by molar-refractivity contribution is 5.81. The number of hydrogen-bond donors (Lipinski definition) is 2. The Bertz CT molecular complexity index is 587. The standard InChI is InChI=1S/C16H23FN4/c1-2-18-7-10-21-8-5-12(6-9-21)16-14-4-3-13(17)11-15(14)19-20-16/h3-4,11-12,18H,2,5-10H2,1H3,(H,19,20). The third-order valence-electron chi connectivity index (χ3n) is 4.40. The van der Waals surface area contributed by atoms with E-state index in [0.717, 1.165) is 56.5 Å². The number of fused-ring (bicyclic) bond motifs is 1. The first-order chi connectivity index (χ1) is 10.3. The second-order valence-corrected chi connectivity index (χ2v) is 5.77. The molecule has 0 amide bonds. The minimum atomic E-state index is -0.223. The molecule has 1 aromatic heterocycles. The monoisotopic (exact) mass is 290 g/mol. The summed E-state index contributed by atoms with van der Waals surface area (Å²) in [5, 5.41) is 11.8. The maximum atomic E-state index is 13.2. The number of H-pyrrole nitrogens is 1. The molecule has 1 fully saturated rings. The van der Waals surface area contributed by atoms with E-state index < -0.39 is 0 Å². The predicted molar refractivity (Wildman–Crippen MR) is 83.0 cm³/mol. The maximum Gasteiger partial charge on any atom is 0.125 e. The van der Waals surface area contributed by atoms with Crippen molar-refractivity contribution >= 4 is 10.9 Å². The Kier molecular flexibility index (Phi) is 4.51. The number of aromatic amines is 1. The number of hydrogen-bond acceptors (Lipinski definition) is 3. The van der Waals surface area contributed by atoms with Crippen LogP contribution in [0.3, 0.4) is 0 Å². The van der Waals surface area contributed by atoms with E-state index in [2.05, 4.69) is 27.3 Å². The topological polar surface area (TPSA) is 44.0 Å². The Hall–Kier alpha value is -1.46. The Labute approximate surface area is 124 Å². The minimum absolute atomic E-state index is 0.223. The minimum Gasteiger partial charge on any atom is -0.316 e. The first kappa shape index (κ1) is 14.5. The summed E-state index contributed by atoms with van der Waals surface area (Å²) in [4.78, 5) is 2.51. The summed E-state index contributed by atoms with van der Waals surface area (Å²) in [6.45, 7) is 7.60. The molecule has 1 aliphatic rings. The number of piperidine rings is 1. The van der Waals surface area contributed by atoms with Crippen LogP contribution in [0.2, 0.25) is 0 Å². The van der Waals surface area contributed by atoms with Gasteiger partial charge in [0.05, 0.1) is 5.52 Å². The molecule has 1 aliphatic heterocycles. The van der Waals surface area contributed by atoms with Crippen molar-refractivity contribution in [1.29, 1.82) is 0 Å². The van der Waals surface area contributed by atoms with Crippen molar-refractivity contribution in [2.75, 3.05) is 32.7 Å². The van der Waals surface area contributed by atoms with Crippen LogP contribution in [-0.4, -0.2) is 47.8 Å². The summed E-state index contributed by atoms with van der Waals surface area (Å²) in [5.74, 6) is 0.287. The van der Waals surface area contributed by atoms with Gasteiger partial charge in [-0.2, -0.15) is 5.10 Å². The van der Waals surface area contributed by atoms with Crippen molar-refractivity contribution in [1.82, 2.24) is 20.4 Å². The van der Waals surface area contributed by atoms with E-state index in [9.17, 15) is 4.39 Å². The largest absolute Gasteiger partial charge is 0.316 e. The fraction of sp³-hybridized carbons (Fsp3) is 0.562. The average Bonchev–Trinajstić information content (AvgIpc) is 2.91. The van der Waals surface area contributed by atoms with Gasteiger partial charge in [0.25, 0.3) is 0 Å². The average molecular weight is 290 g/mol. The van der Waals surface area contributed by atoms with Crippen LogP contribution in [0.4, 0.5) is 4.39 Å². The van der Waals surface area contributed by atoms with E-state index >= 15 is 0 Å². The van der Waals surface area contributed by atoms with Crippen LogP contribution in [0, 0.1) is 5.82 Å². The molecular weight excluding hydrogens is 267 g/mol. The number of likely N-dealkylation sites (N-methyl/N-ethyl adjacent to an activating group) is 1. The molecule has 0 radical (unpaired) electrons. The van der Waals surface area contributed by atoms with E-state index in [1.165, 1.54) is 17.8 Å². The number of nitrogens with one attached hydrogen (secondary N) is 2. The van der Waals surface area contributed by atoms with Crippen LogP contribution in [-0.2, 0) is 0 Å². The number of benzene rings is 1. The third kappa shape index (κ3) is 3.24. The molecule has 1 aromatic carbocycles. The van der Waals surface area contributed by atoms with Crippen LogP contribution in [0.1, 0.15) is 31.4 Å². The highest BCUT2D eigenvalue weighted by atomic mass is 19.1. The molecule has 0 bridgehead atoms. The van der Waals surface area contributed by atoms with Crippen molar-refractivity contribution in [2.24, 2.45) is 0 Å². The fourth-order valence-electron chi connectivity index (χ4n) is 3.18. The van der Waals surface area contributed by atoms with Crippen LogP contribution >= 0.6 is 0 Å². The molecule has 1 saturated heterocycles. The van der Waals surface area contributed by atoms with Crippen molar-refractivity contribution in [2.45, 2.75) is 25.7 Å². The van der Waals surface area contributed by atoms with Gasteiger partial charge < -0.3 is 10.2 Å². The van der Waals surface area contributed by atoms with Gasteiger partial charge in [-0.25, -0.2) is 4.39 Å². The predicted octanol–water partition coefficient (Wildman–Crippen LogP) is 2.49. The van der Waals surface area contributed by atoms with Gasteiger partial charge in [0, 0.05) is 36.2 Å². The normalized spacial score (nSPS) is 17.6. The smallest absolute Gasteiger partial charge is 0.125 e. The summed E-state index contributed by atoms with van der Waals surface area (Å²) in [5.41, 5.74) is 1.91. The molecular formula is C16H23FN4. The van der Waals surface area contributed by atoms with E-state index in [4.69, 9.17) is 0 Å².